The molecular formula is C13H22N2O4. The number of ether oxygens (including phenoxy) is 1. The lowest BCUT2D eigenvalue weighted by Crippen LogP contribution is -2.52. The van der Waals surface area contributed by atoms with E-state index >= 15 is 0 Å². The van der Waals surface area contributed by atoms with E-state index in [1.807, 2.05) is 0 Å². The number of amides is 2. The Hall–Kier alpha value is -1.30. The molecule has 6 heteroatoms. The summed E-state index contributed by atoms with van der Waals surface area (Å²) in [6, 6.07) is -0.181. The minimum atomic E-state index is -0.818. The first-order valence-corrected chi connectivity index (χ1v) is 6.76. The summed E-state index contributed by atoms with van der Waals surface area (Å²) < 4.78 is 5.39. The van der Waals surface area contributed by atoms with E-state index in [4.69, 9.17) is 9.84 Å². The fourth-order valence-corrected chi connectivity index (χ4v) is 2.61. The maximum Gasteiger partial charge on any atom is 0.317 e. The second-order valence-corrected chi connectivity index (χ2v) is 6.13. The maximum atomic E-state index is 12.2. The van der Waals surface area contributed by atoms with Gasteiger partial charge in [-0.25, -0.2) is 4.79 Å². The first-order valence-electron chi connectivity index (χ1n) is 6.76. The molecule has 2 N–H and O–H groups in total. The number of carbonyl (C=O) groups excluding carboxylic acids is 1. The summed E-state index contributed by atoms with van der Waals surface area (Å²) in [6.45, 7) is 6.20. The summed E-state index contributed by atoms with van der Waals surface area (Å²) in [5, 5.41) is 12.0. The van der Waals surface area contributed by atoms with Gasteiger partial charge < -0.3 is 20.1 Å². The Morgan fingerprint density at radius 2 is 2.16 bits per heavy atom. The molecular weight excluding hydrogens is 248 g/mol. The van der Waals surface area contributed by atoms with Crippen LogP contribution in [0.4, 0.5) is 4.79 Å². The van der Waals surface area contributed by atoms with Gasteiger partial charge in [0.25, 0.3) is 0 Å². The Balaban J connectivity index is 1.91. The third kappa shape index (κ3) is 3.18. The van der Waals surface area contributed by atoms with Crippen molar-refractivity contribution < 1.29 is 19.4 Å². The highest BCUT2D eigenvalue weighted by atomic mass is 16.5. The largest absolute Gasteiger partial charge is 0.481 e. The van der Waals surface area contributed by atoms with E-state index in [9.17, 15) is 9.59 Å². The minimum Gasteiger partial charge on any atom is -0.481 e. The van der Waals surface area contributed by atoms with Crippen LogP contribution in [0.5, 0.6) is 0 Å². The van der Waals surface area contributed by atoms with Gasteiger partial charge in [0, 0.05) is 18.5 Å². The standard InChI is InChI=1S/C13H22N2O4/c1-13(2)8-19-7-10(13)14-12(18)15-5-3-4-9(6-15)11(16)17/h9-10H,3-8H2,1-2H3,(H,14,18)(H,16,17). The molecule has 0 saturated carbocycles. The van der Waals surface area contributed by atoms with Gasteiger partial charge in [-0.05, 0) is 12.8 Å². The van der Waals surface area contributed by atoms with E-state index < -0.39 is 11.9 Å². The van der Waals surface area contributed by atoms with Crippen molar-refractivity contribution in [3.8, 4) is 0 Å². The number of piperidine rings is 1. The van der Waals surface area contributed by atoms with E-state index in [2.05, 4.69) is 19.2 Å². The second-order valence-electron chi connectivity index (χ2n) is 6.13. The van der Waals surface area contributed by atoms with Crippen molar-refractivity contribution in [3.05, 3.63) is 0 Å². The Morgan fingerprint density at radius 1 is 1.42 bits per heavy atom. The van der Waals surface area contributed by atoms with Crippen LogP contribution in [-0.2, 0) is 9.53 Å². The monoisotopic (exact) mass is 270 g/mol. The van der Waals surface area contributed by atoms with Crippen LogP contribution < -0.4 is 5.32 Å². The SMILES string of the molecule is CC1(C)COCC1NC(=O)N1CCCC(C(=O)O)C1. The molecule has 0 aliphatic carbocycles. The highest BCUT2D eigenvalue weighted by molar-refractivity contribution is 5.77. The zero-order valence-corrected chi connectivity index (χ0v) is 11.5. The molecule has 108 valence electrons. The van der Waals surface area contributed by atoms with E-state index in [0.29, 0.717) is 32.7 Å². The smallest absolute Gasteiger partial charge is 0.317 e. The number of nitrogens with zero attached hydrogens (tertiary/aromatic N) is 1. The first-order chi connectivity index (χ1) is 8.90. The van der Waals surface area contributed by atoms with Gasteiger partial charge in [-0.15, -0.1) is 0 Å². The van der Waals surface area contributed by atoms with Crippen molar-refractivity contribution in [1.29, 1.82) is 0 Å². The van der Waals surface area contributed by atoms with Gasteiger partial charge >= 0.3 is 12.0 Å². The van der Waals surface area contributed by atoms with Gasteiger partial charge in [0.1, 0.15) is 0 Å². The topological polar surface area (TPSA) is 78.9 Å². The molecule has 2 atom stereocenters. The minimum absolute atomic E-state index is 0.00907. The Morgan fingerprint density at radius 3 is 2.74 bits per heavy atom. The average Bonchev–Trinajstić information content (AvgIpc) is 2.69. The van der Waals surface area contributed by atoms with Gasteiger partial charge in [-0.3, -0.25) is 4.79 Å². The molecule has 0 bridgehead atoms. The van der Waals surface area contributed by atoms with Crippen LogP contribution >= 0.6 is 0 Å². The predicted molar refractivity (Wildman–Crippen MR) is 68.9 cm³/mol. The van der Waals surface area contributed by atoms with Crippen LogP contribution in [0.3, 0.4) is 0 Å². The molecule has 2 rings (SSSR count). The van der Waals surface area contributed by atoms with Crippen molar-refractivity contribution >= 4 is 12.0 Å². The Labute approximate surface area is 113 Å². The highest BCUT2D eigenvalue weighted by Gasteiger charge is 2.38. The third-order valence-electron chi connectivity index (χ3n) is 4.06. The number of aliphatic carboxylic acids is 1. The number of carbonyl (C=O) groups is 2. The van der Waals surface area contributed by atoms with Crippen LogP contribution in [0.2, 0.25) is 0 Å². The van der Waals surface area contributed by atoms with Crippen LogP contribution in [0.25, 0.3) is 0 Å². The molecule has 6 nitrogen and oxygen atoms in total. The molecule has 2 amide bonds. The molecule has 2 heterocycles. The number of likely N-dealkylation sites (tertiary alicyclic amines) is 1. The van der Waals surface area contributed by atoms with Gasteiger partial charge in [-0.2, -0.15) is 0 Å². The number of rotatable bonds is 2. The number of urea groups is 1. The fourth-order valence-electron chi connectivity index (χ4n) is 2.61. The number of carboxylic acid groups (broad SMARTS) is 1. The van der Waals surface area contributed by atoms with Crippen LogP contribution in [-0.4, -0.2) is 54.4 Å². The van der Waals surface area contributed by atoms with Crippen molar-refractivity contribution in [3.63, 3.8) is 0 Å². The Kier molecular flexibility index (Phi) is 3.99. The summed E-state index contributed by atoms with van der Waals surface area (Å²) in [5.41, 5.74) is -0.0718. The first kappa shape index (κ1) is 14.1. The van der Waals surface area contributed by atoms with E-state index in [1.165, 1.54) is 0 Å². The van der Waals surface area contributed by atoms with E-state index in [0.717, 1.165) is 6.42 Å². The number of carboxylic acids is 1. The third-order valence-corrected chi connectivity index (χ3v) is 4.06. The van der Waals surface area contributed by atoms with E-state index in [1.54, 1.807) is 4.90 Å². The summed E-state index contributed by atoms with van der Waals surface area (Å²) in [4.78, 5) is 24.8. The van der Waals surface area contributed by atoms with Crippen molar-refractivity contribution in [2.75, 3.05) is 26.3 Å². The van der Waals surface area contributed by atoms with Crippen molar-refractivity contribution in [2.45, 2.75) is 32.7 Å². The highest BCUT2D eigenvalue weighted by Crippen LogP contribution is 2.27. The van der Waals surface area contributed by atoms with Gasteiger partial charge in [0.15, 0.2) is 0 Å². The molecule has 2 aliphatic rings. The van der Waals surface area contributed by atoms with Gasteiger partial charge in [0.05, 0.1) is 25.2 Å². The molecule has 19 heavy (non-hydrogen) atoms. The molecule has 2 fully saturated rings. The Bertz CT molecular complexity index is 370. The zero-order valence-electron chi connectivity index (χ0n) is 11.5. The molecule has 0 spiro atoms. The van der Waals surface area contributed by atoms with Crippen LogP contribution in [0.15, 0.2) is 0 Å². The molecule has 2 unspecified atom stereocenters. The predicted octanol–water partition coefficient (Wildman–Crippen LogP) is 0.918. The fraction of sp³-hybridized carbons (Fsp3) is 0.846. The summed E-state index contributed by atoms with van der Waals surface area (Å²) in [5.74, 6) is -1.26. The second kappa shape index (κ2) is 5.36. The number of hydrogen-bond donors (Lipinski definition) is 2. The molecule has 0 aromatic carbocycles. The van der Waals surface area contributed by atoms with E-state index in [-0.39, 0.29) is 17.5 Å². The number of nitrogens with one attached hydrogen (secondary N) is 1. The van der Waals surface area contributed by atoms with Gasteiger partial charge in [0.2, 0.25) is 0 Å². The lowest BCUT2D eigenvalue weighted by Gasteiger charge is -2.33. The van der Waals surface area contributed by atoms with Crippen molar-refractivity contribution in [2.24, 2.45) is 11.3 Å². The summed E-state index contributed by atoms with van der Waals surface area (Å²) in [6.07, 6.45) is 1.39. The lowest BCUT2D eigenvalue weighted by molar-refractivity contribution is -0.143. The summed E-state index contributed by atoms with van der Waals surface area (Å²) in [7, 11) is 0. The average molecular weight is 270 g/mol. The molecule has 0 aromatic rings. The zero-order chi connectivity index (χ0) is 14.0. The van der Waals surface area contributed by atoms with Gasteiger partial charge in [-0.1, -0.05) is 13.8 Å². The van der Waals surface area contributed by atoms with Crippen molar-refractivity contribution in [1.82, 2.24) is 10.2 Å². The quantitative estimate of drug-likeness (QED) is 0.782. The molecule has 2 saturated heterocycles. The lowest BCUT2D eigenvalue weighted by atomic mass is 9.88. The molecule has 0 aromatic heterocycles. The maximum absolute atomic E-state index is 12.2. The molecule has 0 radical (unpaired) electrons. The van der Waals surface area contributed by atoms with Crippen LogP contribution in [0.1, 0.15) is 26.7 Å². The normalized spacial score (nSPS) is 30.1. The molecule has 2 aliphatic heterocycles. The summed E-state index contributed by atoms with van der Waals surface area (Å²) >= 11 is 0. The number of hydrogen-bond acceptors (Lipinski definition) is 3. The van der Waals surface area contributed by atoms with Crippen LogP contribution in [0, 0.1) is 11.3 Å².